The van der Waals surface area contributed by atoms with Gasteiger partial charge in [-0.2, -0.15) is 5.11 Å². The van der Waals surface area contributed by atoms with E-state index in [-0.39, 0.29) is 11.5 Å². The average Bonchev–Trinajstić information content (AvgIpc) is 2.61. The van der Waals surface area contributed by atoms with Gasteiger partial charge in [-0.05, 0) is 19.1 Å². The van der Waals surface area contributed by atoms with Crippen molar-refractivity contribution in [1.82, 2.24) is 5.32 Å². The minimum Gasteiger partial charge on any atom is -0.481 e. The van der Waals surface area contributed by atoms with Crippen molar-refractivity contribution in [3.8, 4) is 0 Å². The predicted molar refractivity (Wildman–Crippen MR) is 65.7 cm³/mol. The van der Waals surface area contributed by atoms with Crippen LogP contribution in [0.2, 0.25) is 0 Å². The highest BCUT2D eigenvalue weighted by Gasteiger charge is 2.39. The van der Waals surface area contributed by atoms with Gasteiger partial charge in [0.05, 0.1) is 6.42 Å². The van der Waals surface area contributed by atoms with Crippen LogP contribution in [0.1, 0.15) is 17.5 Å². The minimum absolute atomic E-state index is 0.195. The summed E-state index contributed by atoms with van der Waals surface area (Å²) in [6, 6.07) is 7.46. The molecule has 1 atom stereocenters. The van der Waals surface area contributed by atoms with E-state index in [1.165, 1.54) is 0 Å². The van der Waals surface area contributed by atoms with Crippen LogP contribution in [0.4, 0.5) is 0 Å². The van der Waals surface area contributed by atoms with Crippen LogP contribution >= 0.6 is 12.2 Å². The molecule has 2 rings (SSSR count). The van der Waals surface area contributed by atoms with E-state index in [4.69, 9.17) is 17.3 Å². The van der Waals surface area contributed by atoms with Gasteiger partial charge in [0.2, 0.25) is 5.11 Å². The van der Waals surface area contributed by atoms with E-state index in [1.54, 1.807) is 0 Å². The molecule has 0 amide bonds. The van der Waals surface area contributed by atoms with Gasteiger partial charge in [-0.25, -0.2) is 0 Å². The number of rotatable bonds is 3. The van der Waals surface area contributed by atoms with Crippen LogP contribution in [-0.4, -0.2) is 16.2 Å². The largest absolute Gasteiger partial charge is 0.481 e. The number of nitrogens with zero attached hydrogens (tertiary/aromatic N) is 2. The van der Waals surface area contributed by atoms with Crippen LogP contribution in [0.3, 0.4) is 0 Å². The third kappa shape index (κ3) is 2.31. The standard InChI is InChI=1S/C11H11N3O2S/c1-7-2-4-8(5-3-7)11(6-9(15)16)12-10(17)13-14-11/h2-5H,6H2,1H3,(H,12,17)(H,15,16). The van der Waals surface area contributed by atoms with E-state index >= 15 is 0 Å². The lowest BCUT2D eigenvalue weighted by molar-refractivity contribution is -0.138. The van der Waals surface area contributed by atoms with E-state index in [1.807, 2.05) is 31.2 Å². The lowest BCUT2D eigenvalue weighted by atomic mass is 9.96. The van der Waals surface area contributed by atoms with Crippen molar-refractivity contribution in [2.45, 2.75) is 19.0 Å². The summed E-state index contributed by atoms with van der Waals surface area (Å²) in [4.78, 5) is 10.9. The average molecular weight is 249 g/mol. The first-order valence-corrected chi connectivity index (χ1v) is 5.47. The van der Waals surface area contributed by atoms with Crippen molar-refractivity contribution in [3.05, 3.63) is 35.4 Å². The quantitative estimate of drug-likeness (QED) is 0.803. The maximum absolute atomic E-state index is 10.9. The van der Waals surface area contributed by atoms with Crippen LogP contribution in [0.25, 0.3) is 0 Å². The first kappa shape index (κ1) is 11.7. The van der Waals surface area contributed by atoms with E-state index in [0.717, 1.165) is 11.1 Å². The molecule has 0 bridgehead atoms. The van der Waals surface area contributed by atoms with Gasteiger partial charge in [0.25, 0.3) is 0 Å². The Bertz CT molecular complexity index is 498. The molecule has 0 aromatic heterocycles. The molecule has 0 fully saturated rings. The monoisotopic (exact) mass is 249 g/mol. The summed E-state index contributed by atoms with van der Waals surface area (Å²) >= 11 is 4.88. The summed E-state index contributed by atoms with van der Waals surface area (Å²) in [5, 5.41) is 19.7. The van der Waals surface area contributed by atoms with Gasteiger partial charge in [0, 0.05) is 5.56 Å². The molecule has 1 aromatic rings. The number of thiocarbonyl (C=S) groups is 1. The second-order valence-corrected chi connectivity index (χ2v) is 4.31. The van der Waals surface area contributed by atoms with Crippen molar-refractivity contribution in [2.75, 3.05) is 0 Å². The zero-order valence-electron chi connectivity index (χ0n) is 9.17. The number of nitrogens with one attached hydrogen (secondary N) is 1. The van der Waals surface area contributed by atoms with Crippen LogP contribution in [0.15, 0.2) is 34.5 Å². The van der Waals surface area contributed by atoms with Crippen molar-refractivity contribution in [3.63, 3.8) is 0 Å². The Morgan fingerprint density at radius 2 is 2.12 bits per heavy atom. The molecule has 0 saturated carbocycles. The zero-order valence-corrected chi connectivity index (χ0v) is 9.99. The van der Waals surface area contributed by atoms with Crippen molar-refractivity contribution in [2.24, 2.45) is 10.2 Å². The lowest BCUT2D eigenvalue weighted by Crippen LogP contribution is -2.40. The number of hydrogen-bond acceptors (Lipinski definition) is 3. The molecule has 2 N–H and O–H groups in total. The van der Waals surface area contributed by atoms with Gasteiger partial charge in [0.1, 0.15) is 0 Å². The Labute approximate surface area is 104 Å². The Balaban J connectivity index is 2.41. The van der Waals surface area contributed by atoms with Gasteiger partial charge in [-0.15, -0.1) is 5.11 Å². The van der Waals surface area contributed by atoms with E-state index < -0.39 is 11.6 Å². The van der Waals surface area contributed by atoms with Gasteiger partial charge in [-0.1, -0.05) is 29.8 Å². The van der Waals surface area contributed by atoms with Crippen LogP contribution < -0.4 is 5.32 Å². The van der Waals surface area contributed by atoms with Gasteiger partial charge >= 0.3 is 5.97 Å². The Morgan fingerprint density at radius 1 is 1.47 bits per heavy atom. The molecule has 0 saturated heterocycles. The molecule has 6 heteroatoms. The molecule has 1 unspecified atom stereocenters. The second-order valence-electron chi connectivity index (χ2n) is 3.93. The number of azo groups is 1. The normalized spacial score (nSPS) is 22.5. The third-order valence-corrected chi connectivity index (χ3v) is 2.75. The summed E-state index contributed by atoms with van der Waals surface area (Å²) in [6.45, 7) is 1.96. The topological polar surface area (TPSA) is 74.0 Å². The molecule has 0 spiro atoms. The maximum Gasteiger partial charge on any atom is 0.308 e. The Hall–Kier alpha value is -1.82. The summed E-state index contributed by atoms with van der Waals surface area (Å²) < 4.78 is 0. The highest BCUT2D eigenvalue weighted by Crippen LogP contribution is 2.31. The third-order valence-electron chi connectivity index (χ3n) is 2.56. The van der Waals surface area contributed by atoms with Gasteiger partial charge in [0.15, 0.2) is 5.66 Å². The molecule has 88 valence electrons. The Morgan fingerprint density at radius 3 is 2.59 bits per heavy atom. The number of benzene rings is 1. The molecule has 17 heavy (non-hydrogen) atoms. The van der Waals surface area contributed by atoms with Crippen molar-refractivity contribution >= 4 is 23.3 Å². The molecule has 5 nitrogen and oxygen atoms in total. The maximum atomic E-state index is 10.9. The lowest BCUT2D eigenvalue weighted by Gasteiger charge is -2.23. The van der Waals surface area contributed by atoms with E-state index in [0.29, 0.717) is 0 Å². The minimum atomic E-state index is -1.06. The number of carboxylic acid groups (broad SMARTS) is 1. The fourth-order valence-corrected chi connectivity index (χ4v) is 1.93. The van der Waals surface area contributed by atoms with E-state index in [9.17, 15) is 4.79 Å². The van der Waals surface area contributed by atoms with Crippen LogP contribution in [0.5, 0.6) is 0 Å². The molecule has 1 aliphatic rings. The molecule has 1 aliphatic heterocycles. The van der Waals surface area contributed by atoms with Gasteiger partial charge in [-0.3, -0.25) is 4.79 Å². The fraction of sp³-hybridized carbons (Fsp3) is 0.273. The van der Waals surface area contributed by atoms with Crippen LogP contribution in [-0.2, 0) is 10.5 Å². The van der Waals surface area contributed by atoms with Crippen LogP contribution in [0, 0.1) is 6.92 Å². The zero-order chi connectivity index (χ0) is 12.5. The summed E-state index contributed by atoms with van der Waals surface area (Å²) in [6.07, 6.45) is -0.195. The SMILES string of the molecule is Cc1ccc(C2(CC(=O)O)N=NC(=S)N2)cc1. The fourth-order valence-electron chi connectivity index (χ4n) is 1.72. The van der Waals surface area contributed by atoms with Crippen molar-refractivity contribution in [1.29, 1.82) is 0 Å². The second kappa shape index (κ2) is 4.21. The summed E-state index contributed by atoms with van der Waals surface area (Å²) in [5.41, 5.74) is 0.780. The first-order chi connectivity index (χ1) is 8.02. The smallest absolute Gasteiger partial charge is 0.308 e. The predicted octanol–water partition coefficient (Wildman–Crippen LogP) is 1.96. The highest BCUT2D eigenvalue weighted by atomic mass is 32.1. The van der Waals surface area contributed by atoms with Gasteiger partial charge < -0.3 is 10.4 Å². The molecule has 1 heterocycles. The number of aryl methyl sites for hydroxylation is 1. The molecular formula is C11H11N3O2S. The molecule has 1 aromatic carbocycles. The molecule has 0 radical (unpaired) electrons. The number of aliphatic carboxylic acids is 1. The number of carboxylic acids is 1. The number of carbonyl (C=O) groups is 1. The molecule has 0 aliphatic carbocycles. The summed E-state index contributed by atoms with van der Waals surface area (Å²) in [5.74, 6) is -0.957. The summed E-state index contributed by atoms with van der Waals surface area (Å²) in [7, 11) is 0. The van der Waals surface area contributed by atoms with Crippen molar-refractivity contribution < 1.29 is 9.90 Å². The Kier molecular flexibility index (Phi) is 2.89. The first-order valence-electron chi connectivity index (χ1n) is 5.06. The highest BCUT2D eigenvalue weighted by molar-refractivity contribution is 7.80. The van der Waals surface area contributed by atoms with E-state index in [2.05, 4.69) is 15.5 Å². The number of hydrogen-bond donors (Lipinski definition) is 2. The molecular weight excluding hydrogens is 238 g/mol.